The van der Waals surface area contributed by atoms with E-state index in [1.54, 1.807) is 0 Å². The van der Waals surface area contributed by atoms with Gasteiger partial charge in [0.05, 0.1) is 5.56 Å². The Morgan fingerprint density at radius 2 is 1.59 bits per heavy atom. The Hall–Kier alpha value is -2.88. The van der Waals surface area contributed by atoms with Crippen LogP contribution in [0.5, 0.6) is 0 Å². The molecule has 1 amide bonds. The Morgan fingerprint density at radius 1 is 0.966 bits per heavy atom. The van der Waals surface area contributed by atoms with Crippen molar-refractivity contribution in [2.45, 2.75) is 39.2 Å². The molecule has 3 atom stereocenters. The van der Waals surface area contributed by atoms with Gasteiger partial charge >= 0.3 is 5.97 Å². The molecule has 0 bridgehead atoms. The van der Waals surface area contributed by atoms with Crippen molar-refractivity contribution in [3.63, 3.8) is 0 Å². The van der Waals surface area contributed by atoms with Crippen molar-refractivity contribution in [2.24, 2.45) is 11.8 Å². The van der Waals surface area contributed by atoms with Crippen molar-refractivity contribution < 1.29 is 14.3 Å². The van der Waals surface area contributed by atoms with Crippen LogP contribution in [0.1, 0.15) is 43.5 Å². The monoisotopic (exact) mass is 389 g/mol. The fourth-order valence-electron chi connectivity index (χ4n) is 4.47. The number of ether oxygens (including phenoxy) is 1. The highest BCUT2D eigenvalue weighted by molar-refractivity contribution is 6.16. The molecule has 150 valence electrons. The zero-order valence-corrected chi connectivity index (χ0v) is 17.0. The number of amides is 1. The maximum Gasteiger partial charge on any atom is 0.339 e. The number of fused-ring (bicyclic) bond motifs is 2. The third kappa shape index (κ3) is 3.98. The highest BCUT2D eigenvalue weighted by atomic mass is 16.5. The lowest BCUT2D eigenvalue weighted by Gasteiger charge is -2.34. The molecule has 3 aromatic rings. The smallest absolute Gasteiger partial charge is 0.339 e. The lowest BCUT2D eigenvalue weighted by atomic mass is 9.78. The van der Waals surface area contributed by atoms with Crippen LogP contribution in [0, 0.1) is 11.8 Å². The van der Waals surface area contributed by atoms with Crippen LogP contribution < -0.4 is 5.32 Å². The van der Waals surface area contributed by atoms with Crippen molar-refractivity contribution >= 4 is 33.4 Å². The fourth-order valence-corrected chi connectivity index (χ4v) is 4.47. The molecular weight excluding hydrogens is 362 g/mol. The third-order valence-electron chi connectivity index (χ3n) is 6.36. The molecule has 4 heteroatoms. The number of hydrogen-bond donors (Lipinski definition) is 1. The molecule has 0 aromatic heterocycles. The standard InChI is InChI=1S/C25H27NO3/c1-16-8-7-13-22(17(16)2)26-23(27)15-29-25(28)24-20-11-5-3-9-18(20)14-19-10-4-6-12-21(19)24/h3-6,9-12,14,16-17,22H,7-8,13,15H2,1-2H3,(H,26,27). The molecule has 1 N–H and O–H groups in total. The molecule has 1 saturated carbocycles. The second kappa shape index (κ2) is 8.24. The van der Waals surface area contributed by atoms with E-state index in [0.29, 0.717) is 17.4 Å². The SMILES string of the molecule is CC1CCCC(NC(=O)COC(=O)c2c3ccccc3cc3ccccc23)C1C. The molecular formula is C25H27NO3. The molecule has 29 heavy (non-hydrogen) atoms. The normalized spacial score (nSPS) is 21.8. The van der Waals surface area contributed by atoms with Crippen LogP contribution in [0.3, 0.4) is 0 Å². The summed E-state index contributed by atoms with van der Waals surface area (Å²) in [6.45, 7) is 4.16. The molecule has 3 aromatic carbocycles. The lowest BCUT2D eigenvalue weighted by Crippen LogP contribution is -2.45. The van der Waals surface area contributed by atoms with Crippen molar-refractivity contribution in [3.05, 3.63) is 60.2 Å². The molecule has 4 nitrogen and oxygen atoms in total. The van der Waals surface area contributed by atoms with Crippen LogP contribution in [-0.2, 0) is 9.53 Å². The van der Waals surface area contributed by atoms with Gasteiger partial charge in [0, 0.05) is 6.04 Å². The summed E-state index contributed by atoms with van der Waals surface area (Å²) in [5.74, 6) is 0.344. The van der Waals surface area contributed by atoms with Crippen molar-refractivity contribution in [1.82, 2.24) is 5.32 Å². The van der Waals surface area contributed by atoms with Crippen LogP contribution in [0.25, 0.3) is 21.5 Å². The maximum absolute atomic E-state index is 13.0. The molecule has 0 heterocycles. The van der Waals surface area contributed by atoms with Crippen molar-refractivity contribution in [2.75, 3.05) is 6.61 Å². The van der Waals surface area contributed by atoms with E-state index in [0.717, 1.165) is 34.4 Å². The third-order valence-corrected chi connectivity index (χ3v) is 6.36. The summed E-state index contributed by atoms with van der Waals surface area (Å²) in [5.41, 5.74) is 0.520. The molecule has 0 radical (unpaired) electrons. The minimum atomic E-state index is -0.460. The predicted octanol–water partition coefficient (Wildman–Crippen LogP) is 5.09. The van der Waals surface area contributed by atoms with Gasteiger partial charge in [-0.2, -0.15) is 0 Å². The van der Waals surface area contributed by atoms with Crippen LogP contribution in [-0.4, -0.2) is 24.5 Å². The molecule has 0 spiro atoms. The number of carbonyl (C=O) groups is 2. The molecule has 1 fully saturated rings. The summed E-state index contributed by atoms with van der Waals surface area (Å²) in [4.78, 5) is 25.4. The minimum absolute atomic E-state index is 0.156. The van der Waals surface area contributed by atoms with Gasteiger partial charge in [0.15, 0.2) is 6.61 Å². The number of hydrogen-bond acceptors (Lipinski definition) is 3. The zero-order chi connectivity index (χ0) is 20.4. The van der Waals surface area contributed by atoms with E-state index in [4.69, 9.17) is 4.74 Å². The van der Waals surface area contributed by atoms with E-state index in [2.05, 4.69) is 25.2 Å². The maximum atomic E-state index is 13.0. The van der Waals surface area contributed by atoms with Gasteiger partial charge in [0.2, 0.25) is 0 Å². The molecule has 3 unspecified atom stereocenters. The summed E-state index contributed by atoms with van der Waals surface area (Å²) < 4.78 is 5.46. The Bertz CT molecular complexity index is 1000. The number of nitrogens with one attached hydrogen (secondary N) is 1. The van der Waals surface area contributed by atoms with Gasteiger partial charge in [-0.25, -0.2) is 4.79 Å². The quantitative estimate of drug-likeness (QED) is 0.499. The van der Waals surface area contributed by atoms with Crippen LogP contribution in [0.2, 0.25) is 0 Å². The highest BCUT2D eigenvalue weighted by Crippen LogP contribution is 2.30. The van der Waals surface area contributed by atoms with E-state index in [-0.39, 0.29) is 18.6 Å². The van der Waals surface area contributed by atoms with Gasteiger partial charge in [-0.15, -0.1) is 0 Å². The average molecular weight is 389 g/mol. The summed E-state index contributed by atoms with van der Waals surface area (Å²) in [6.07, 6.45) is 3.31. The summed E-state index contributed by atoms with van der Waals surface area (Å²) in [6, 6.07) is 17.8. The first-order chi connectivity index (χ1) is 14.0. The largest absolute Gasteiger partial charge is 0.452 e. The van der Waals surface area contributed by atoms with E-state index >= 15 is 0 Å². The number of benzene rings is 3. The van der Waals surface area contributed by atoms with E-state index < -0.39 is 5.97 Å². The number of rotatable bonds is 4. The van der Waals surface area contributed by atoms with E-state index in [1.807, 2.05) is 48.5 Å². The first kappa shape index (κ1) is 19.4. The first-order valence-electron chi connectivity index (χ1n) is 10.4. The highest BCUT2D eigenvalue weighted by Gasteiger charge is 2.28. The Labute approximate surface area is 171 Å². The Morgan fingerprint density at radius 3 is 2.24 bits per heavy atom. The van der Waals surface area contributed by atoms with Crippen LogP contribution in [0.15, 0.2) is 54.6 Å². The Balaban J connectivity index is 1.52. The van der Waals surface area contributed by atoms with E-state index in [1.165, 1.54) is 6.42 Å². The van der Waals surface area contributed by atoms with Crippen molar-refractivity contribution in [3.8, 4) is 0 Å². The second-order valence-electron chi connectivity index (χ2n) is 8.21. The van der Waals surface area contributed by atoms with Crippen molar-refractivity contribution in [1.29, 1.82) is 0 Å². The number of carbonyl (C=O) groups excluding carboxylic acids is 2. The Kier molecular flexibility index (Phi) is 5.52. The van der Waals surface area contributed by atoms with Crippen LogP contribution >= 0.6 is 0 Å². The van der Waals surface area contributed by atoms with Gasteiger partial charge in [0.1, 0.15) is 0 Å². The zero-order valence-electron chi connectivity index (χ0n) is 17.0. The lowest BCUT2D eigenvalue weighted by molar-refractivity contribution is -0.125. The molecule has 4 rings (SSSR count). The fraction of sp³-hybridized carbons (Fsp3) is 0.360. The topological polar surface area (TPSA) is 55.4 Å². The van der Waals surface area contributed by atoms with E-state index in [9.17, 15) is 9.59 Å². The van der Waals surface area contributed by atoms with Crippen LogP contribution in [0.4, 0.5) is 0 Å². The summed E-state index contributed by atoms with van der Waals surface area (Å²) >= 11 is 0. The molecule has 1 aliphatic rings. The van der Waals surface area contributed by atoms with Gasteiger partial charge in [-0.1, -0.05) is 75.2 Å². The summed E-state index contributed by atoms with van der Waals surface area (Å²) in [5, 5.41) is 6.70. The minimum Gasteiger partial charge on any atom is -0.452 e. The molecule has 1 aliphatic carbocycles. The van der Waals surface area contributed by atoms with Gasteiger partial charge < -0.3 is 10.1 Å². The van der Waals surface area contributed by atoms with Gasteiger partial charge in [0.25, 0.3) is 5.91 Å². The summed E-state index contributed by atoms with van der Waals surface area (Å²) in [7, 11) is 0. The first-order valence-corrected chi connectivity index (χ1v) is 10.4. The molecule has 0 saturated heterocycles. The van der Waals surface area contributed by atoms with Gasteiger partial charge in [-0.05, 0) is 45.9 Å². The average Bonchev–Trinajstić information content (AvgIpc) is 2.73. The molecule has 0 aliphatic heterocycles. The number of esters is 1. The predicted molar refractivity (Wildman–Crippen MR) is 116 cm³/mol. The second-order valence-corrected chi connectivity index (χ2v) is 8.21. The van der Waals surface area contributed by atoms with Gasteiger partial charge in [-0.3, -0.25) is 4.79 Å².